The van der Waals surface area contributed by atoms with Crippen LogP contribution in [0.25, 0.3) is 0 Å². The highest BCUT2D eigenvalue weighted by molar-refractivity contribution is 7.73. The van der Waals surface area contributed by atoms with Crippen LogP contribution in [-0.4, -0.2) is 28.5 Å². The molecular weight excluding hydrogens is 274 g/mol. The SMILES string of the molecule is CCOP(=O)(O)C(Cc1ccccc1)P(C)(=O)O. The summed E-state index contributed by atoms with van der Waals surface area (Å²) < 4.78 is 28.5. The molecule has 0 aromatic heterocycles. The second-order valence-electron chi connectivity index (χ2n) is 4.10. The zero-order valence-corrected chi connectivity index (χ0v) is 12.2. The first-order valence-electron chi connectivity index (χ1n) is 5.58. The van der Waals surface area contributed by atoms with Crippen molar-refractivity contribution < 1.29 is 23.4 Å². The summed E-state index contributed by atoms with van der Waals surface area (Å²) in [6, 6.07) is 8.84. The number of rotatable bonds is 6. The van der Waals surface area contributed by atoms with Crippen molar-refractivity contribution in [2.45, 2.75) is 18.7 Å². The fourth-order valence-electron chi connectivity index (χ4n) is 1.65. The lowest BCUT2D eigenvalue weighted by Gasteiger charge is -2.24. The molecule has 0 bridgehead atoms. The summed E-state index contributed by atoms with van der Waals surface area (Å²) in [5, 5.41) is -1.28. The van der Waals surface area contributed by atoms with Crippen molar-refractivity contribution in [2.75, 3.05) is 13.3 Å². The van der Waals surface area contributed by atoms with Crippen LogP contribution >= 0.6 is 15.0 Å². The highest BCUT2D eigenvalue weighted by Crippen LogP contribution is 2.63. The normalized spacial score (nSPS) is 19.8. The zero-order chi connectivity index (χ0) is 13.8. The molecule has 0 saturated heterocycles. The third-order valence-electron chi connectivity index (χ3n) is 2.50. The van der Waals surface area contributed by atoms with Gasteiger partial charge in [-0.15, -0.1) is 0 Å². The summed E-state index contributed by atoms with van der Waals surface area (Å²) in [6.07, 6.45) is 0.0406. The molecule has 0 spiro atoms. The predicted molar refractivity (Wildman–Crippen MR) is 71.1 cm³/mol. The summed E-state index contributed by atoms with van der Waals surface area (Å²) in [6.45, 7) is 2.68. The van der Waals surface area contributed by atoms with Crippen LogP contribution < -0.4 is 0 Å². The maximum absolute atomic E-state index is 12.0. The standard InChI is InChI=1S/C11H18O5P2/c1-3-16-18(14,15)11(17(2,12)13)9-10-7-5-4-6-8-10/h4-8,11H,3,9H2,1-2H3,(H,12,13)(H,14,15). The van der Waals surface area contributed by atoms with E-state index in [1.165, 1.54) is 0 Å². The Morgan fingerprint density at radius 1 is 1.22 bits per heavy atom. The quantitative estimate of drug-likeness (QED) is 0.787. The molecule has 1 rings (SSSR count). The van der Waals surface area contributed by atoms with Crippen molar-refractivity contribution in [3.05, 3.63) is 35.9 Å². The molecule has 0 amide bonds. The van der Waals surface area contributed by atoms with Gasteiger partial charge in [0.2, 0.25) is 7.37 Å². The molecule has 0 aliphatic heterocycles. The van der Waals surface area contributed by atoms with E-state index in [4.69, 9.17) is 4.52 Å². The van der Waals surface area contributed by atoms with Crippen LogP contribution in [0.5, 0.6) is 0 Å². The van der Waals surface area contributed by atoms with Gasteiger partial charge >= 0.3 is 7.60 Å². The second-order valence-corrected chi connectivity index (χ2v) is 9.02. The molecule has 7 heteroatoms. The Labute approximate surface area is 107 Å². The van der Waals surface area contributed by atoms with Crippen LogP contribution in [0.3, 0.4) is 0 Å². The summed E-state index contributed by atoms with van der Waals surface area (Å²) in [4.78, 5) is 19.4. The van der Waals surface area contributed by atoms with Gasteiger partial charge in [-0.25, -0.2) is 0 Å². The Kier molecular flexibility index (Phi) is 5.32. The van der Waals surface area contributed by atoms with Crippen LogP contribution in [0.2, 0.25) is 0 Å². The number of benzene rings is 1. The van der Waals surface area contributed by atoms with Crippen molar-refractivity contribution >= 4 is 15.0 Å². The predicted octanol–water partition coefficient (Wildman–Crippen LogP) is 2.68. The minimum atomic E-state index is -4.10. The number of hydrogen-bond acceptors (Lipinski definition) is 3. The van der Waals surface area contributed by atoms with Gasteiger partial charge in [-0.2, -0.15) is 0 Å². The average Bonchev–Trinajstić information content (AvgIpc) is 2.25. The highest BCUT2D eigenvalue weighted by atomic mass is 31.2. The van der Waals surface area contributed by atoms with Crippen LogP contribution in [0, 0.1) is 0 Å². The molecule has 18 heavy (non-hydrogen) atoms. The molecule has 3 atom stereocenters. The van der Waals surface area contributed by atoms with Gasteiger partial charge in [0.15, 0.2) is 0 Å². The molecule has 0 heterocycles. The van der Waals surface area contributed by atoms with E-state index in [-0.39, 0.29) is 13.0 Å². The number of hydrogen-bond donors (Lipinski definition) is 2. The van der Waals surface area contributed by atoms with Gasteiger partial charge in [-0.1, -0.05) is 30.3 Å². The Balaban J connectivity index is 3.01. The van der Waals surface area contributed by atoms with Gasteiger partial charge in [0, 0.05) is 6.66 Å². The molecule has 102 valence electrons. The molecule has 1 aromatic carbocycles. The van der Waals surface area contributed by atoms with Gasteiger partial charge in [0.05, 0.1) is 6.61 Å². The van der Waals surface area contributed by atoms with E-state index < -0.39 is 20.4 Å². The molecule has 3 unspecified atom stereocenters. The Morgan fingerprint density at radius 3 is 2.22 bits per heavy atom. The summed E-state index contributed by atoms with van der Waals surface area (Å²) in [7, 11) is -7.83. The molecule has 0 aliphatic rings. The van der Waals surface area contributed by atoms with Gasteiger partial charge in [0.1, 0.15) is 5.40 Å². The van der Waals surface area contributed by atoms with E-state index in [1.807, 2.05) is 6.07 Å². The maximum atomic E-state index is 12.0. The van der Waals surface area contributed by atoms with Gasteiger partial charge < -0.3 is 14.3 Å². The topological polar surface area (TPSA) is 83.8 Å². The third kappa shape index (κ3) is 4.34. The van der Waals surface area contributed by atoms with Crippen molar-refractivity contribution in [1.29, 1.82) is 0 Å². The molecule has 0 saturated carbocycles. The summed E-state index contributed by atoms with van der Waals surface area (Å²) >= 11 is 0. The van der Waals surface area contributed by atoms with Crippen molar-refractivity contribution in [3.63, 3.8) is 0 Å². The summed E-state index contributed by atoms with van der Waals surface area (Å²) in [5.74, 6) is 0. The zero-order valence-electron chi connectivity index (χ0n) is 10.4. The minimum Gasteiger partial charge on any atom is -0.344 e. The fraction of sp³-hybridized carbons (Fsp3) is 0.455. The molecule has 1 aromatic rings. The lowest BCUT2D eigenvalue weighted by Crippen LogP contribution is -2.14. The second kappa shape index (κ2) is 6.14. The fourth-order valence-corrected chi connectivity index (χ4v) is 5.55. The van der Waals surface area contributed by atoms with E-state index in [0.717, 1.165) is 12.2 Å². The van der Waals surface area contributed by atoms with Crippen LogP contribution in [0.4, 0.5) is 0 Å². The van der Waals surface area contributed by atoms with Crippen molar-refractivity contribution in [2.24, 2.45) is 0 Å². The lowest BCUT2D eigenvalue weighted by atomic mass is 10.2. The van der Waals surface area contributed by atoms with E-state index in [1.54, 1.807) is 31.2 Å². The highest BCUT2D eigenvalue weighted by Gasteiger charge is 2.42. The van der Waals surface area contributed by atoms with Crippen LogP contribution in [0.1, 0.15) is 12.5 Å². The van der Waals surface area contributed by atoms with E-state index >= 15 is 0 Å². The summed E-state index contributed by atoms with van der Waals surface area (Å²) in [5.41, 5.74) is 0.729. The first-order valence-corrected chi connectivity index (χ1v) is 9.40. The Bertz CT molecular complexity index is 468. The van der Waals surface area contributed by atoms with E-state index in [9.17, 15) is 18.9 Å². The smallest absolute Gasteiger partial charge is 0.341 e. The van der Waals surface area contributed by atoms with Gasteiger partial charge in [-0.05, 0) is 18.9 Å². The molecule has 5 nitrogen and oxygen atoms in total. The maximum Gasteiger partial charge on any atom is 0.341 e. The van der Waals surface area contributed by atoms with Crippen LogP contribution in [-0.2, 0) is 20.1 Å². The minimum absolute atomic E-state index is 0.0269. The first kappa shape index (κ1) is 15.6. The molecule has 0 fully saturated rings. The largest absolute Gasteiger partial charge is 0.344 e. The first-order chi connectivity index (χ1) is 8.27. The van der Waals surface area contributed by atoms with Crippen molar-refractivity contribution in [3.8, 4) is 0 Å². The monoisotopic (exact) mass is 292 g/mol. The van der Waals surface area contributed by atoms with E-state index in [0.29, 0.717) is 0 Å². The van der Waals surface area contributed by atoms with Crippen LogP contribution in [0.15, 0.2) is 30.3 Å². The van der Waals surface area contributed by atoms with Gasteiger partial charge in [0.25, 0.3) is 0 Å². The molecular formula is C11H18O5P2. The van der Waals surface area contributed by atoms with Crippen molar-refractivity contribution in [1.82, 2.24) is 0 Å². The Morgan fingerprint density at radius 2 is 1.78 bits per heavy atom. The third-order valence-corrected chi connectivity index (χ3v) is 7.52. The molecule has 0 radical (unpaired) electrons. The average molecular weight is 292 g/mol. The Hall–Kier alpha value is -0.440. The van der Waals surface area contributed by atoms with E-state index in [2.05, 4.69) is 0 Å². The molecule has 2 N–H and O–H groups in total. The van der Waals surface area contributed by atoms with Gasteiger partial charge in [-0.3, -0.25) is 9.13 Å². The lowest BCUT2D eigenvalue weighted by molar-refractivity contribution is 0.269. The molecule has 0 aliphatic carbocycles.